The van der Waals surface area contributed by atoms with Gasteiger partial charge in [-0.1, -0.05) is 18.2 Å². The van der Waals surface area contributed by atoms with Gasteiger partial charge in [-0.3, -0.25) is 28.5 Å². The first-order valence-corrected chi connectivity index (χ1v) is 15.3. The number of ether oxygens (including phenoxy) is 1. The molecule has 11 heteroatoms. The standard InChI is InChI=1S/C32H41FN6O4/c1-35-30-26(8-5-24(29(30)33)21-37-17-15-36(16-18-37)19-23-11-13-34-14-12-23)39(32(35)42)27-9-10-28(40)38(31(27)41)20-22-3-6-25(43-2)7-4-22/h3-8,23,27,34H,9-21H2,1-2H3. The van der Waals surface area contributed by atoms with Gasteiger partial charge in [0, 0.05) is 58.3 Å². The quantitative estimate of drug-likeness (QED) is 0.402. The number of likely N-dealkylation sites (tertiary alicyclic amines) is 1. The van der Waals surface area contributed by atoms with E-state index in [1.54, 1.807) is 50.6 Å². The van der Waals surface area contributed by atoms with Crippen LogP contribution in [0.15, 0.2) is 41.2 Å². The van der Waals surface area contributed by atoms with Gasteiger partial charge in [-0.05, 0) is 62.0 Å². The highest BCUT2D eigenvalue weighted by Crippen LogP contribution is 2.30. The van der Waals surface area contributed by atoms with Crippen LogP contribution in [0.2, 0.25) is 0 Å². The Balaban J connectivity index is 1.18. The van der Waals surface area contributed by atoms with E-state index in [9.17, 15) is 14.4 Å². The number of nitrogens with zero attached hydrogens (tertiary/aromatic N) is 5. The van der Waals surface area contributed by atoms with Crippen LogP contribution < -0.4 is 15.7 Å². The minimum Gasteiger partial charge on any atom is -0.497 e. The summed E-state index contributed by atoms with van der Waals surface area (Å²) < 4.78 is 23.9. The predicted octanol–water partition coefficient (Wildman–Crippen LogP) is 2.50. The number of carbonyl (C=O) groups excluding carboxylic acids is 2. The van der Waals surface area contributed by atoms with Gasteiger partial charge < -0.3 is 15.0 Å². The zero-order valence-corrected chi connectivity index (χ0v) is 25.1. The summed E-state index contributed by atoms with van der Waals surface area (Å²) in [6.45, 7) is 7.59. The van der Waals surface area contributed by atoms with Gasteiger partial charge in [0.15, 0.2) is 5.82 Å². The Morgan fingerprint density at radius 3 is 2.30 bits per heavy atom. The summed E-state index contributed by atoms with van der Waals surface area (Å²) in [7, 11) is 3.12. The smallest absolute Gasteiger partial charge is 0.329 e. The van der Waals surface area contributed by atoms with Crippen molar-refractivity contribution < 1.29 is 18.7 Å². The van der Waals surface area contributed by atoms with Crippen molar-refractivity contribution in [2.75, 3.05) is 52.9 Å². The third-order valence-corrected chi connectivity index (χ3v) is 9.39. The maximum Gasteiger partial charge on any atom is 0.329 e. The lowest BCUT2D eigenvalue weighted by molar-refractivity contribution is -0.151. The molecule has 0 bridgehead atoms. The first-order valence-electron chi connectivity index (χ1n) is 15.3. The number of carbonyl (C=O) groups is 2. The zero-order valence-electron chi connectivity index (χ0n) is 25.1. The summed E-state index contributed by atoms with van der Waals surface area (Å²) in [5.41, 5.74) is 1.42. The van der Waals surface area contributed by atoms with E-state index in [0.29, 0.717) is 23.4 Å². The highest BCUT2D eigenvalue weighted by molar-refractivity contribution is 6.00. The second-order valence-electron chi connectivity index (χ2n) is 12.1. The number of piperidine rings is 2. The molecule has 2 amide bonds. The minimum absolute atomic E-state index is 0.0985. The second-order valence-corrected chi connectivity index (χ2v) is 12.1. The van der Waals surface area contributed by atoms with Crippen molar-refractivity contribution in [2.24, 2.45) is 13.0 Å². The molecule has 3 fully saturated rings. The normalized spacial score (nSPS) is 21.2. The number of methoxy groups -OCH3 is 1. The van der Waals surface area contributed by atoms with E-state index in [-0.39, 0.29) is 30.8 Å². The summed E-state index contributed by atoms with van der Waals surface area (Å²) >= 11 is 0. The minimum atomic E-state index is -0.884. The van der Waals surface area contributed by atoms with E-state index in [4.69, 9.17) is 4.74 Å². The fourth-order valence-corrected chi connectivity index (χ4v) is 6.83. The average molecular weight is 593 g/mol. The third kappa shape index (κ3) is 5.98. The summed E-state index contributed by atoms with van der Waals surface area (Å²) in [6.07, 6.45) is 2.78. The molecular formula is C32H41FN6O4. The summed E-state index contributed by atoms with van der Waals surface area (Å²) in [5, 5.41) is 3.43. The molecule has 4 heterocycles. The lowest BCUT2D eigenvalue weighted by Gasteiger charge is -2.37. The molecule has 0 spiro atoms. The van der Waals surface area contributed by atoms with Crippen LogP contribution in [0.1, 0.15) is 42.9 Å². The van der Waals surface area contributed by atoms with Crippen LogP contribution in [0.25, 0.3) is 11.0 Å². The Kier molecular flexibility index (Phi) is 8.65. The molecule has 10 nitrogen and oxygen atoms in total. The van der Waals surface area contributed by atoms with Crippen LogP contribution in [-0.2, 0) is 29.7 Å². The van der Waals surface area contributed by atoms with Crippen LogP contribution in [-0.4, -0.2) is 88.6 Å². The van der Waals surface area contributed by atoms with Crippen LogP contribution in [0, 0.1) is 11.7 Å². The Bertz CT molecular complexity index is 1540. The second kappa shape index (κ2) is 12.6. The number of fused-ring (bicyclic) bond motifs is 1. The van der Waals surface area contributed by atoms with E-state index in [1.807, 2.05) is 0 Å². The maximum atomic E-state index is 16.0. The van der Waals surface area contributed by atoms with Crippen molar-refractivity contribution in [2.45, 2.75) is 44.8 Å². The Labute approximate surface area is 251 Å². The predicted molar refractivity (Wildman–Crippen MR) is 161 cm³/mol. The SMILES string of the molecule is COc1ccc(CN2C(=O)CCC(n3c(=O)n(C)c4c(F)c(CN5CCN(CC6CCNCC6)CC5)ccc43)C2=O)cc1. The van der Waals surface area contributed by atoms with Gasteiger partial charge in [0.05, 0.1) is 19.2 Å². The van der Waals surface area contributed by atoms with Crippen LogP contribution in [0.5, 0.6) is 5.75 Å². The molecule has 3 aromatic rings. The number of hydrogen-bond donors (Lipinski definition) is 1. The van der Waals surface area contributed by atoms with Gasteiger partial charge in [-0.2, -0.15) is 0 Å². The highest BCUT2D eigenvalue weighted by Gasteiger charge is 2.38. The Morgan fingerprint density at radius 1 is 0.907 bits per heavy atom. The molecule has 230 valence electrons. The van der Waals surface area contributed by atoms with Crippen molar-refractivity contribution in [1.29, 1.82) is 0 Å². The van der Waals surface area contributed by atoms with Gasteiger partial charge in [0.1, 0.15) is 17.3 Å². The van der Waals surface area contributed by atoms with Crippen molar-refractivity contribution in [3.8, 4) is 5.75 Å². The molecule has 0 saturated carbocycles. The Hall–Kier alpha value is -3.54. The molecular weight excluding hydrogens is 551 g/mol. The number of halogens is 1. The number of amides is 2. The van der Waals surface area contributed by atoms with E-state index in [1.165, 1.54) is 26.9 Å². The Morgan fingerprint density at radius 2 is 1.60 bits per heavy atom. The van der Waals surface area contributed by atoms with E-state index in [2.05, 4.69) is 15.1 Å². The lowest BCUT2D eigenvalue weighted by atomic mass is 9.97. The molecule has 3 saturated heterocycles. The first-order chi connectivity index (χ1) is 20.8. The summed E-state index contributed by atoms with van der Waals surface area (Å²) in [5.74, 6) is 0.267. The fourth-order valence-electron chi connectivity index (χ4n) is 6.83. The lowest BCUT2D eigenvalue weighted by Crippen LogP contribution is -2.48. The molecule has 3 aliphatic heterocycles. The van der Waals surface area contributed by atoms with E-state index < -0.39 is 23.5 Å². The molecule has 1 N–H and O–H groups in total. The number of hydrogen-bond acceptors (Lipinski definition) is 7. The number of imide groups is 1. The number of imidazole rings is 1. The number of aromatic nitrogens is 2. The molecule has 3 aliphatic rings. The van der Waals surface area contributed by atoms with Gasteiger partial charge in [0.25, 0.3) is 5.91 Å². The van der Waals surface area contributed by atoms with Gasteiger partial charge in [0.2, 0.25) is 5.91 Å². The average Bonchev–Trinajstić information content (AvgIpc) is 3.28. The molecule has 0 radical (unpaired) electrons. The summed E-state index contributed by atoms with van der Waals surface area (Å²) in [4.78, 5) is 45.9. The largest absolute Gasteiger partial charge is 0.497 e. The molecule has 1 aromatic heterocycles. The van der Waals surface area contributed by atoms with Crippen LogP contribution in [0.3, 0.4) is 0 Å². The monoisotopic (exact) mass is 592 g/mol. The van der Waals surface area contributed by atoms with Crippen molar-refractivity contribution in [3.05, 3.63) is 63.8 Å². The molecule has 43 heavy (non-hydrogen) atoms. The molecule has 0 aliphatic carbocycles. The topological polar surface area (TPSA) is 92.1 Å². The molecule has 6 rings (SSSR count). The fraction of sp³-hybridized carbons (Fsp3) is 0.531. The van der Waals surface area contributed by atoms with E-state index >= 15 is 4.39 Å². The van der Waals surface area contributed by atoms with Crippen molar-refractivity contribution >= 4 is 22.8 Å². The van der Waals surface area contributed by atoms with Crippen molar-refractivity contribution in [1.82, 2.24) is 29.2 Å². The zero-order chi connectivity index (χ0) is 30.1. The van der Waals surface area contributed by atoms with E-state index in [0.717, 1.165) is 57.3 Å². The summed E-state index contributed by atoms with van der Waals surface area (Å²) in [6, 6.07) is 9.76. The van der Waals surface area contributed by atoms with Gasteiger partial charge in [-0.15, -0.1) is 0 Å². The third-order valence-electron chi connectivity index (χ3n) is 9.39. The van der Waals surface area contributed by atoms with Gasteiger partial charge >= 0.3 is 5.69 Å². The number of benzene rings is 2. The van der Waals surface area contributed by atoms with Gasteiger partial charge in [-0.25, -0.2) is 9.18 Å². The molecule has 1 unspecified atom stereocenters. The maximum absolute atomic E-state index is 16.0. The number of aryl methyl sites for hydroxylation is 1. The number of piperazine rings is 1. The molecule has 1 atom stereocenters. The van der Waals surface area contributed by atoms with Crippen LogP contribution in [0.4, 0.5) is 4.39 Å². The van der Waals surface area contributed by atoms with Crippen LogP contribution >= 0.6 is 0 Å². The molecule has 2 aromatic carbocycles. The number of rotatable bonds is 8. The highest BCUT2D eigenvalue weighted by atomic mass is 19.1. The number of nitrogens with one attached hydrogen (secondary N) is 1. The van der Waals surface area contributed by atoms with Crippen molar-refractivity contribution in [3.63, 3.8) is 0 Å². The first kappa shape index (κ1) is 29.5.